The third kappa shape index (κ3) is 3.55. The van der Waals surface area contributed by atoms with Crippen LogP contribution < -0.4 is 9.47 Å². The summed E-state index contributed by atoms with van der Waals surface area (Å²) in [5, 5.41) is 0. The van der Waals surface area contributed by atoms with Crippen molar-refractivity contribution in [3.8, 4) is 11.5 Å². The Kier molecular flexibility index (Phi) is 5.49. The first-order valence-corrected chi connectivity index (χ1v) is 8.05. The highest BCUT2D eigenvalue weighted by molar-refractivity contribution is 9.12. The van der Waals surface area contributed by atoms with Gasteiger partial charge in [0.1, 0.15) is 11.5 Å². The molecule has 0 aromatic heterocycles. The van der Waals surface area contributed by atoms with Gasteiger partial charge in [-0.05, 0) is 35.4 Å². The highest BCUT2D eigenvalue weighted by Crippen LogP contribution is 2.42. The van der Waals surface area contributed by atoms with Crippen molar-refractivity contribution in [1.29, 1.82) is 0 Å². The number of ether oxygens (including phenoxy) is 2. The van der Waals surface area contributed by atoms with Crippen molar-refractivity contribution in [2.75, 3.05) is 14.2 Å². The van der Waals surface area contributed by atoms with Crippen LogP contribution in [-0.2, 0) is 0 Å². The minimum atomic E-state index is 0.182. The number of rotatable bonds is 5. The van der Waals surface area contributed by atoms with E-state index in [0.717, 1.165) is 11.5 Å². The summed E-state index contributed by atoms with van der Waals surface area (Å²) in [6.45, 7) is 0. The highest BCUT2D eigenvalue weighted by Gasteiger charge is 2.19. The lowest BCUT2D eigenvalue weighted by Crippen LogP contribution is -1.99. The molecule has 0 bridgehead atoms. The molecule has 0 saturated carbocycles. The monoisotopic (exact) mass is 398 g/mol. The largest absolute Gasteiger partial charge is 0.497 e. The van der Waals surface area contributed by atoms with E-state index in [9.17, 15) is 0 Å². The molecule has 0 saturated heterocycles. The van der Waals surface area contributed by atoms with Gasteiger partial charge in [-0.1, -0.05) is 56.1 Å². The molecule has 0 unspecified atom stereocenters. The van der Waals surface area contributed by atoms with Gasteiger partial charge in [0.25, 0.3) is 0 Å². The van der Waals surface area contributed by atoms with Gasteiger partial charge in [0, 0.05) is 0 Å². The van der Waals surface area contributed by atoms with Crippen molar-refractivity contribution in [1.82, 2.24) is 0 Å². The molecule has 0 aliphatic heterocycles. The molecule has 2 atom stereocenters. The number of hydrogen-bond acceptors (Lipinski definition) is 2. The van der Waals surface area contributed by atoms with Gasteiger partial charge in [-0.3, -0.25) is 0 Å². The van der Waals surface area contributed by atoms with Crippen molar-refractivity contribution >= 4 is 31.9 Å². The predicted molar refractivity (Wildman–Crippen MR) is 89.3 cm³/mol. The zero-order valence-corrected chi connectivity index (χ0v) is 14.5. The number of halogens is 2. The second kappa shape index (κ2) is 7.14. The van der Waals surface area contributed by atoms with Crippen LogP contribution in [0, 0.1) is 0 Å². The lowest BCUT2D eigenvalue weighted by atomic mass is 10.0. The summed E-state index contributed by atoms with van der Waals surface area (Å²) in [5.41, 5.74) is 2.40. The lowest BCUT2D eigenvalue weighted by Gasteiger charge is -2.18. The molecule has 0 aliphatic rings. The molecular formula is C16H16Br2O2. The first-order chi connectivity index (χ1) is 9.65. The standard InChI is InChI=1S/C16H16Br2O2/c1-19-13-7-3-11(4-8-13)15(17)16(18)12-5-9-14(20-2)10-6-12/h3-10,15-16H,1-2H3/t15-,16-/m0/s1. The van der Waals surface area contributed by atoms with Gasteiger partial charge in [-0.25, -0.2) is 0 Å². The van der Waals surface area contributed by atoms with Crippen LogP contribution in [0.15, 0.2) is 48.5 Å². The molecule has 0 heterocycles. The van der Waals surface area contributed by atoms with E-state index in [1.54, 1.807) is 14.2 Å². The predicted octanol–water partition coefficient (Wildman–Crippen LogP) is 5.28. The van der Waals surface area contributed by atoms with Crippen molar-refractivity contribution in [3.63, 3.8) is 0 Å². The Morgan fingerprint density at radius 2 is 0.950 bits per heavy atom. The van der Waals surface area contributed by atoms with Crippen LogP contribution in [-0.4, -0.2) is 14.2 Å². The first-order valence-electron chi connectivity index (χ1n) is 6.21. The van der Waals surface area contributed by atoms with Crippen molar-refractivity contribution in [3.05, 3.63) is 59.7 Å². The van der Waals surface area contributed by atoms with Crippen molar-refractivity contribution < 1.29 is 9.47 Å². The van der Waals surface area contributed by atoms with Crippen molar-refractivity contribution in [2.24, 2.45) is 0 Å². The van der Waals surface area contributed by atoms with Crippen LogP contribution in [0.3, 0.4) is 0 Å². The average Bonchev–Trinajstić information content (AvgIpc) is 2.53. The lowest BCUT2D eigenvalue weighted by molar-refractivity contribution is 0.414. The topological polar surface area (TPSA) is 18.5 Å². The molecular weight excluding hydrogens is 384 g/mol. The van der Waals surface area contributed by atoms with Gasteiger partial charge in [-0.15, -0.1) is 0 Å². The smallest absolute Gasteiger partial charge is 0.118 e. The molecule has 20 heavy (non-hydrogen) atoms. The van der Waals surface area contributed by atoms with E-state index in [4.69, 9.17) is 9.47 Å². The van der Waals surface area contributed by atoms with E-state index in [-0.39, 0.29) is 9.65 Å². The fraction of sp³-hybridized carbons (Fsp3) is 0.250. The minimum absolute atomic E-state index is 0.182. The zero-order valence-electron chi connectivity index (χ0n) is 11.3. The maximum atomic E-state index is 5.18. The summed E-state index contributed by atoms with van der Waals surface area (Å²) >= 11 is 7.50. The maximum Gasteiger partial charge on any atom is 0.118 e. The highest BCUT2D eigenvalue weighted by atomic mass is 79.9. The summed E-state index contributed by atoms with van der Waals surface area (Å²) in [6, 6.07) is 16.1. The molecule has 0 fully saturated rings. The molecule has 2 nitrogen and oxygen atoms in total. The van der Waals surface area contributed by atoms with E-state index in [1.165, 1.54) is 11.1 Å². The van der Waals surface area contributed by atoms with Gasteiger partial charge < -0.3 is 9.47 Å². The van der Waals surface area contributed by atoms with Crippen LogP contribution in [0.5, 0.6) is 11.5 Å². The summed E-state index contributed by atoms with van der Waals surface area (Å²) in [4.78, 5) is 0.364. The fourth-order valence-electron chi connectivity index (χ4n) is 1.91. The van der Waals surface area contributed by atoms with Crippen LogP contribution in [0.25, 0.3) is 0 Å². The maximum absolute atomic E-state index is 5.18. The SMILES string of the molecule is COc1ccc([C@H](Br)[C@@H](Br)c2ccc(OC)cc2)cc1. The Morgan fingerprint density at radius 1 is 0.650 bits per heavy atom. The fourth-order valence-corrected chi connectivity index (χ4v) is 3.13. The zero-order chi connectivity index (χ0) is 14.5. The number of benzene rings is 2. The van der Waals surface area contributed by atoms with Crippen LogP contribution in [0.1, 0.15) is 20.8 Å². The van der Waals surface area contributed by atoms with E-state index >= 15 is 0 Å². The van der Waals surface area contributed by atoms with Crippen LogP contribution >= 0.6 is 31.9 Å². The van der Waals surface area contributed by atoms with Gasteiger partial charge in [0.2, 0.25) is 0 Å². The van der Waals surface area contributed by atoms with E-state index in [0.29, 0.717) is 0 Å². The summed E-state index contributed by atoms with van der Waals surface area (Å²) < 4.78 is 10.4. The quantitative estimate of drug-likeness (QED) is 0.637. The Bertz CT molecular complexity index is 486. The molecule has 2 rings (SSSR count). The Morgan fingerprint density at radius 3 is 1.20 bits per heavy atom. The van der Waals surface area contributed by atoms with Gasteiger partial charge in [0.15, 0.2) is 0 Å². The molecule has 2 aromatic carbocycles. The molecule has 0 amide bonds. The molecule has 4 heteroatoms. The van der Waals surface area contributed by atoms with Crippen LogP contribution in [0.4, 0.5) is 0 Å². The van der Waals surface area contributed by atoms with Crippen LogP contribution in [0.2, 0.25) is 0 Å². The molecule has 0 N–H and O–H groups in total. The molecule has 2 aromatic rings. The summed E-state index contributed by atoms with van der Waals surface area (Å²) in [6.07, 6.45) is 0. The average molecular weight is 400 g/mol. The summed E-state index contributed by atoms with van der Waals surface area (Å²) in [5.74, 6) is 1.73. The Hall–Kier alpha value is -1.00. The molecule has 0 radical (unpaired) electrons. The molecule has 106 valence electrons. The van der Waals surface area contributed by atoms with Gasteiger partial charge in [0.05, 0.1) is 23.9 Å². The van der Waals surface area contributed by atoms with E-state index in [1.807, 2.05) is 24.3 Å². The van der Waals surface area contributed by atoms with Gasteiger partial charge >= 0.3 is 0 Å². The second-order valence-electron chi connectivity index (χ2n) is 4.35. The van der Waals surface area contributed by atoms with E-state index in [2.05, 4.69) is 56.1 Å². The third-order valence-corrected chi connectivity index (χ3v) is 5.95. The summed E-state index contributed by atoms with van der Waals surface area (Å²) in [7, 11) is 3.34. The minimum Gasteiger partial charge on any atom is -0.497 e. The third-order valence-electron chi connectivity index (χ3n) is 3.13. The number of hydrogen-bond donors (Lipinski definition) is 0. The molecule has 0 aliphatic carbocycles. The van der Waals surface area contributed by atoms with E-state index < -0.39 is 0 Å². The Labute approximate surface area is 136 Å². The molecule has 0 spiro atoms. The normalized spacial score (nSPS) is 13.6. The first kappa shape index (κ1) is 15.4. The van der Waals surface area contributed by atoms with Gasteiger partial charge in [-0.2, -0.15) is 0 Å². The van der Waals surface area contributed by atoms with Crippen molar-refractivity contribution in [2.45, 2.75) is 9.65 Å². The number of methoxy groups -OCH3 is 2. The number of alkyl halides is 2. The second-order valence-corrected chi connectivity index (χ2v) is 6.32. The Balaban J connectivity index is 2.15.